The van der Waals surface area contributed by atoms with Gasteiger partial charge in [-0.15, -0.1) is 0 Å². The molecule has 10 aromatic rings. The molecule has 9 aromatic carbocycles. The van der Waals surface area contributed by atoms with E-state index in [4.69, 9.17) is 4.42 Å². The van der Waals surface area contributed by atoms with Crippen molar-refractivity contribution in [3.63, 3.8) is 0 Å². The summed E-state index contributed by atoms with van der Waals surface area (Å²) in [4.78, 5) is 2.53. The normalized spacial score (nSPS) is 14.1. The van der Waals surface area contributed by atoms with E-state index in [0.29, 0.717) is 0 Å². The second-order valence-electron chi connectivity index (χ2n) is 17.8. The van der Waals surface area contributed by atoms with Crippen molar-refractivity contribution in [1.29, 1.82) is 0 Å². The van der Waals surface area contributed by atoms with Crippen molar-refractivity contribution < 1.29 is 4.42 Å². The number of para-hydroxylation sites is 1. The van der Waals surface area contributed by atoms with Crippen molar-refractivity contribution in [2.45, 2.75) is 38.5 Å². The van der Waals surface area contributed by atoms with Gasteiger partial charge < -0.3 is 9.32 Å². The summed E-state index contributed by atoms with van der Waals surface area (Å²) in [5.74, 6) is 0. The summed E-state index contributed by atoms with van der Waals surface area (Å²) in [6.45, 7) is 9.28. The number of benzene rings is 9. The Morgan fingerprint density at radius 2 is 1.05 bits per heavy atom. The molecule has 62 heavy (non-hydrogen) atoms. The molecule has 1 heterocycles. The molecule has 0 bridgehead atoms. The minimum Gasteiger partial charge on any atom is -0.456 e. The lowest BCUT2D eigenvalue weighted by Gasteiger charge is -2.38. The summed E-state index contributed by atoms with van der Waals surface area (Å²) >= 11 is 0. The molecule has 2 heteroatoms. The van der Waals surface area contributed by atoms with Crippen molar-refractivity contribution in [1.82, 2.24) is 0 Å². The third kappa shape index (κ3) is 5.16. The van der Waals surface area contributed by atoms with E-state index in [1.165, 1.54) is 66.8 Å². The third-order valence-electron chi connectivity index (χ3n) is 13.9. The van der Waals surface area contributed by atoms with Crippen molar-refractivity contribution >= 4 is 39.0 Å². The Morgan fingerprint density at radius 1 is 0.419 bits per heavy atom. The lowest BCUT2D eigenvalue weighted by Crippen LogP contribution is -2.31. The van der Waals surface area contributed by atoms with Gasteiger partial charge in [0.1, 0.15) is 11.2 Å². The average molecular weight is 796 g/mol. The van der Waals surface area contributed by atoms with Crippen molar-refractivity contribution in [3.05, 3.63) is 245 Å². The molecule has 0 amide bonds. The van der Waals surface area contributed by atoms with E-state index in [0.717, 1.165) is 50.1 Å². The first-order chi connectivity index (χ1) is 30.3. The highest BCUT2D eigenvalue weighted by atomic mass is 16.3. The van der Waals surface area contributed by atoms with Gasteiger partial charge in [0.15, 0.2) is 0 Å². The van der Waals surface area contributed by atoms with Crippen LogP contribution < -0.4 is 4.90 Å². The van der Waals surface area contributed by atoms with Gasteiger partial charge in [0, 0.05) is 33.1 Å². The van der Waals surface area contributed by atoms with Crippen molar-refractivity contribution in [3.8, 4) is 33.4 Å². The number of anilines is 3. The van der Waals surface area contributed by atoms with Crippen LogP contribution in [0.3, 0.4) is 0 Å². The van der Waals surface area contributed by atoms with Crippen LogP contribution in [-0.4, -0.2) is 0 Å². The number of fused-ring (bicyclic) bond motifs is 9. The van der Waals surface area contributed by atoms with Gasteiger partial charge in [-0.2, -0.15) is 0 Å². The highest BCUT2D eigenvalue weighted by Crippen LogP contribution is 2.61. The number of aryl methyl sites for hydroxylation is 2. The van der Waals surface area contributed by atoms with Gasteiger partial charge in [-0.1, -0.05) is 171 Å². The Hall–Kier alpha value is -7.42. The Bertz CT molecular complexity index is 3350. The van der Waals surface area contributed by atoms with Gasteiger partial charge in [0.05, 0.1) is 11.1 Å². The Balaban J connectivity index is 1.12. The molecule has 0 radical (unpaired) electrons. The molecule has 0 spiro atoms. The first-order valence-electron chi connectivity index (χ1n) is 21.8. The molecule has 0 unspecified atom stereocenters. The Labute approximate surface area is 363 Å². The summed E-state index contributed by atoms with van der Waals surface area (Å²) in [5, 5.41) is 2.27. The Kier molecular flexibility index (Phi) is 7.96. The SMILES string of the molecule is Cc1cc(C)c2c(c1)-c1cccc(N(c3ccc(-c4ccc5oc6ccccc6c5c4)cc3)c3ccc4c(c3)C(C)(C)c3ccccc3-4)c1C2(c1ccccc1)c1ccccc1. The van der Waals surface area contributed by atoms with E-state index in [2.05, 4.69) is 221 Å². The van der Waals surface area contributed by atoms with Crippen LogP contribution in [0, 0.1) is 13.8 Å². The van der Waals surface area contributed by atoms with E-state index < -0.39 is 5.41 Å². The summed E-state index contributed by atoms with van der Waals surface area (Å²) in [7, 11) is 0. The summed E-state index contributed by atoms with van der Waals surface area (Å²) < 4.78 is 6.21. The molecule has 0 saturated heterocycles. The van der Waals surface area contributed by atoms with Crippen molar-refractivity contribution in [2.75, 3.05) is 4.90 Å². The highest BCUT2D eigenvalue weighted by molar-refractivity contribution is 6.06. The molecular formula is C60H45NO. The molecule has 12 rings (SSSR count). The summed E-state index contributed by atoms with van der Waals surface area (Å²) in [6.07, 6.45) is 0. The van der Waals surface area contributed by atoms with E-state index in [1.54, 1.807) is 0 Å². The van der Waals surface area contributed by atoms with E-state index in [-0.39, 0.29) is 5.41 Å². The molecule has 0 aliphatic heterocycles. The van der Waals surface area contributed by atoms with Crippen LogP contribution in [0.5, 0.6) is 0 Å². The van der Waals surface area contributed by atoms with Gasteiger partial charge in [0.25, 0.3) is 0 Å². The zero-order chi connectivity index (χ0) is 41.7. The minimum absolute atomic E-state index is 0.158. The molecule has 1 aromatic heterocycles. The van der Waals surface area contributed by atoms with E-state index >= 15 is 0 Å². The van der Waals surface area contributed by atoms with Gasteiger partial charge in [-0.05, 0) is 129 Å². The summed E-state index contributed by atoms with van der Waals surface area (Å²) in [6, 6.07) is 74.3. The van der Waals surface area contributed by atoms with E-state index in [1.807, 2.05) is 12.1 Å². The molecule has 0 atom stereocenters. The predicted octanol–water partition coefficient (Wildman–Crippen LogP) is 16.0. The van der Waals surface area contributed by atoms with Crippen LogP contribution in [0.25, 0.3) is 55.3 Å². The topological polar surface area (TPSA) is 16.4 Å². The van der Waals surface area contributed by atoms with Gasteiger partial charge >= 0.3 is 0 Å². The minimum atomic E-state index is -0.589. The second-order valence-corrected chi connectivity index (χ2v) is 17.8. The average Bonchev–Trinajstić information content (AvgIpc) is 3.91. The number of rotatable bonds is 6. The van der Waals surface area contributed by atoms with Crippen LogP contribution in [0.15, 0.2) is 205 Å². The quantitative estimate of drug-likeness (QED) is 0.167. The molecular weight excluding hydrogens is 751 g/mol. The first-order valence-corrected chi connectivity index (χ1v) is 21.8. The van der Waals surface area contributed by atoms with Gasteiger partial charge in [-0.3, -0.25) is 0 Å². The molecule has 0 N–H and O–H groups in total. The highest BCUT2D eigenvalue weighted by Gasteiger charge is 2.49. The largest absolute Gasteiger partial charge is 0.456 e. The maximum absolute atomic E-state index is 6.21. The first kappa shape index (κ1) is 36.4. The lowest BCUT2D eigenvalue weighted by molar-refractivity contribution is 0.660. The lowest BCUT2D eigenvalue weighted by atomic mass is 9.66. The zero-order valence-electron chi connectivity index (χ0n) is 35.4. The Morgan fingerprint density at radius 3 is 1.82 bits per heavy atom. The second kappa shape index (κ2) is 13.5. The number of nitrogens with zero attached hydrogens (tertiary/aromatic N) is 1. The maximum Gasteiger partial charge on any atom is 0.135 e. The summed E-state index contributed by atoms with van der Waals surface area (Å²) in [5.41, 5.74) is 22.4. The standard InChI is InChI=1S/C60H45NO/c1-38-34-39(2)57-51(35-38)49-22-15-24-54(58(49)60(57,42-16-7-5-8-17-42)43-18-9-6-10-19-43)61(45-31-32-47-46-20-11-13-23-52(46)59(3,4)53(47)37-45)44-29-26-40(27-30-44)41-28-33-56-50(36-41)48-21-12-14-25-55(48)62-56/h5-37H,1-4H3. The van der Waals surface area contributed by atoms with E-state index in [9.17, 15) is 0 Å². The monoisotopic (exact) mass is 795 g/mol. The fourth-order valence-electron chi connectivity index (χ4n) is 11.2. The van der Waals surface area contributed by atoms with Gasteiger partial charge in [0.2, 0.25) is 0 Å². The number of hydrogen-bond acceptors (Lipinski definition) is 2. The molecule has 2 nitrogen and oxygen atoms in total. The fourth-order valence-corrected chi connectivity index (χ4v) is 11.2. The van der Waals surface area contributed by atoms with Crippen LogP contribution in [0.4, 0.5) is 17.1 Å². The molecule has 0 fully saturated rings. The van der Waals surface area contributed by atoms with Gasteiger partial charge in [-0.25, -0.2) is 0 Å². The molecule has 0 saturated carbocycles. The van der Waals surface area contributed by atoms with Crippen LogP contribution in [0.1, 0.15) is 58.4 Å². The van der Waals surface area contributed by atoms with Crippen LogP contribution in [-0.2, 0) is 10.8 Å². The van der Waals surface area contributed by atoms with Crippen LogP contribution in [0.2, 0.25) is 0 Å². The predicted molar refractivity (Wildman–Crippen MR) is 258 cm³/mol. The fraction of sp³-hybridized carbons (Fsp3) is 0.100. The maximum atomic E-state index is 6.21. The van der Waals surface area contributed by atoms with Crippen molar-refractivity contribution in [2.24, 2.45) is 0 Å². The third-order valence-corrected chi connectivity index (χ3v) is 13.9. The molecule has 296 valence electrons. The number of furan rings is 1. The molecule has 2 aliphatic rings. The smallest absolute Gasteiger partial charge is 0.135 e. The zero-order valence-corrected chi connectivity index (χ0v) is 35.4. The number of hydrogen-bond donors (Lipinski definition) is 0. The molecule has 2 aliphatic carbocycles. The van der Waals surface area contributed by atoms with Crippen LogP contribution >= 0.6 is 0 Å².